The molecule has 1 aliphatic rings. The molecule has 3 nitrogen and oxygen atoms in total. The monoisotopic (exact) mass is 302 g/mol. The van der Waals surface area contributed by atoms with Crippen molar-refractivity contribution >= 4 is 17.4 Å². The zero-order valence-electron chi connectivity index (χ0n) is 11.6. The van der Waals surface area contributed by atoms with Crippen molar-refractivity contribution in [3.05, 3.63) is 58.6 Å². The van der Waals surface area contributed by atoms with Crippen molar-refractivity contribution in [3.63, 3.8) is 0 Å². The first-order chi connectivity index (χ1) is 10.1. The Kier molecular flexibility index (Phi) is 3.84. The van der Waals surface area contributed by atoms with E-state index in [2.05, 4.69) is 0 Å². The summed E-state index contributed by atoms with van der Waals surface area (Å²) in [7, 11) is 0. The van der Waals surface area contributed by atoms with Crippen LogP contribution in [0, 0.1) is 0 Å². The molecule has 0 bridgehead atoms. The molecule has 1 heterocycles. The van der Waals surface area contributed by atoms with Gasteiger partial charge in [0.1, 0.15) is 24.2 Å². The number of ether oxygens (including phenoxy) is 2. The van der Waals surface area contributed by atoms with Crippen LogP contribution >= 0.6 is 11.6 Å². The Hall–Kier alpha value is -2.00. The summed E-state index contributed by atoms with van der Waals surface area (Å²) >= 11 is 6.20. The van der Waals surface area contributed by atoms with Gasteiger partial charge in [-0.1, -0.05) is 41.9 Å². The fourth-order valence-electron chi connectivity index (χ4n) is 2.33. The molecule has 0 radical (unpaired) electrons. The van der Waals surface area contributed by atoms with Crippen LogP contribution < -0.4 is 9.47 Å². The second-order valence-electron chi connectivity index (χ2n) is 5.11. The van der Waals surface area contributed by atoms with E-state index in [1.54, 1.807) is 12.1 Å². The molecule has 21 heavy (non-hydrogen) atoms. The van der Waals surface area contributed by atoms with Gasteiger partial charge in [-0.25, -0.2) is 0 Å². The first-order valence-corrected chi connectivity index (χ1v) is 7.21. The summed E-state index contributed by atoms with van der Waals surface area (Å²) in [6.07, 6.45) is 0.265. The van der Waals surface area contributed by atoms with Crippen molar-refractivity contribution < 1.29 is 14.3 Å². The summed E-state index contributed by atoms with van der Waals surface area (Å²) in [5.74, 6) is 1.13. The molecule has 0 saturated heterocycles. The Morgan fingerprint density at radius 1 is 1.29 bits per heavy atom. The van der Waals surface area contributed by atoms with Gasteiger partial charge >= 0.3 is 0 Å². The molecule has 0 N–H and O–H groups in total. The maximum atomic E-state index is 12.0. The highest BCUT2D eigenvalue weighted by molar-refractivity contribution is 6.32. The summed E-state index contributed by atoms with van der Waals surface area (Å²) in [6, 6.07) is 13.2. The molecular weight excluding hydrogens is 288 g/mol. The third-order valence-corrected chi connectivity index (χ3v) is 3.67. The molecule has 2 aromatic carbocycles. The lowest BCUT2D eigenvalue weighted by Gasteiger charge is -2.23. The first-order valence-electron chi connectivity index (χ1n) is 6.83. The van der Waals surface area contributed by atoms with E-state index in [1.807, 2.05) is 37.3 Å². The molecule has 0 fully saturated rings. The molecule has 1 unspecified atom stereocenters. The SMILES string of the molecule is CC1CC(=O)c2cc(Cl)c(OCc3ccccc3)cc2O1. The van der Waals surface area contributed by atoms with Crippen molar-refractivity contribution in [2.45, 2.75) is 26.1 Å². The highest BCUT2D eigenvalue weighted by atomic mass is 35.5. The summed E-state index contributed by atoms with van der Waals surface area (Å²) in [5, 5.41) is 0.427. The molecular formula is C17H15ClO3. The number of hydrogen-bond acceptors (Lipinski definition) is 3. The number of hydrogen-bond donors (Lipinski definition) is 0. The standard InChI is InChI=1S/C17H15ClO3/c1-11-7-15(19)13-8-14(18)17(9-16(13)21-11)20-10-12-5-3-2-4-6-12/h2-6,8-9,11H,7,10H2,1H3. The summed E-state index contributed by atoms with van der Waals surface area (Å²) in [6.45, 7) is 2.29. The Morgan fingerprint density at radius 3 is 2.81 bits per heavy atom. The molecule has 1 atom stereocenters. The van der Waals surface area contributed by atoms with Crippen LogP contribution in [0.15, 0.2) is 42.5 Å². The third kappa shape index (κ3) is 3.03. The van der Waals surface area contributed by atoms with Crippen LogP contribution in [0.25, 0.3) is 0 Å². The van der Waals surface area contributed by atoms with Gasteiger partial charge in [-0.3, -0.25) is 4.79 Å². The van der Waals surface area contributed by atoms with Gasteiger partial charge in [0.2, 0.25) is 0 Å². The van der Waals surface area contributed by atoms with Gasteiger partial charge in [0, 0.05) is 12.5 Å². The summed E-state index contributed by atoms with van der Waals surface area (Å²) in [5.41, 5.74) is 1.59. The Morgan fingerprint density at radius 2 is 2.05 bits per heavy atom. The van der Waals surface area contributed by atoms with Crippen molar-refractivity contribution in [3.8, 4) is 11.5 Å². The zero-order chi connectivity index (χ0) is 14.8. The molecule has 0 amide bonds. The maximum Gasteiger partial charge on any atom is 0.170 e. The molecule has 1 aliphatic heterocycles. The van der Waals surface area contributed by atoms with Crippen molar-refractivity contribution in [2.75, 3.05) is 0 Å². The topological polar surface area (TPSA) is 35.5 Å². The maximum absolute atomic E-state index is 12.0. The average molecular weight is 303 g/mol. The highest BCUT2D eigenvalue weighted by Gasteiger charge is 2.25. The average Bonchev–Trinajstić information content (AvgIpc) is 2.47. The summed E-state index contributed by atoms with van der Waals surface area (Å²) in [4.78, 5) is 12.0. The van der Waals surface area contributed by atoms with Crippen molar-refractivity contribution in [2.24, 2.45) is 0 Å². The number of carbonyl (C=O) groups is 1. The second kappa shape index (κ2) is 5.78. The number of halogens is 1. The number of benzene rings is 2. The number of fused-ring (bicyclic) bond motifs is 1. The minimum atomic E-state index is -0.117. The van der Waals surface area contributed by atoms with Gasteiger partial charge in [-0.05, 0) is 18.6 Å². The van der Waals surface area contributed by atoms with Gasteiger partial charge in [0.05, 0.1) is 10.6 Å². The number of Topliss-reactive ketones (excluding diaryl/α,β-unsaturated/α-hetero) is 1. The lowest BCUT2D eigenvalue weighted by molar-refractivity contribution is 0.0870. The van der Waals surface area contributed by atoms with Crippen LogP contribution in [-0.4, -0.2) is 11.9 Å². The highest BCUT2D eigenvalue weighted by Crippen LogP contribution is 2.37. The van der Waals surface area contributed by atoms with Crippen LogP contribution in [-0.2, 0) is 6.61 Å². The molecule has 3 rings (SSSR count). The van der Waals surface area contributed by atoms with E-state index < -0.39 is 0 Å². The molecule has 0 saturated carbocycles. The van der Waals surface area contributed by atoms with Gasteiger partial charge in [0.15, 0.2) is 5.78 Å². The molecule has 0 spiro atoms. The predicted molar refractivity (Wildman–Crippen MR) is 81.3 cm³/mol. The molecule has 4 heteroatoms. The predicted octanol–water partition coefficient (Wildman–Crippen LogP) is 4.27. The number of rotatable bonds is 3. The van der Waals surface area contributed by atoms with E-state index in [1.165, 1.54) is 0 Å². The van der Waals surface area contributed by atoms with E-state index in [9.17, 15) is 4.79 Å². The number of carbonyl (C=O) groups excluding carboxylic acids is 1. The van der Waals surface area contributed by atoms with E-state index in [0.29, 0.717) is 35.1 Å². The van der Waals surface area contributed by atoms with E-state index in [-0.39, 0.29) is 11.9 Å². The van der Waals surface area contributed by atoms with Crippen LogP contribution in [0.2, 0.25) is 5.02 Å². The van der Waals surface area contributed by atoms with Crippen molar-refractivity contribution in [1.29, 1.82) is 0 Å². The smallest absolute Gasteiger partial charge is 0.170 e. The van der Waals surface area contributed by atoms with Crippen LogP contribution in [0.3, 0.4) is 0 Å². The fraction of sp³-hybridized carbons (Fsp3) is 0.235. The van der Waals surface area contributed by atoms with Gasteiger partial charge < -0.3 is 9.47 Å². The quantitative estimate of drug-likeness (QED) is 0.849. The zero-order valence-corrected chi connectivity index (χ0v) is 12.4. The van der Waals surface area contributed by atoms with Crippen molar-refractivity contribution in [1.82, 2.24) is 0 Å². The van der Waals surface area contributed by atoms with Crippen LogP contribution in [0.4, 0.5) is 0 Å². The fourth-order valence-corrected chi connectivity index (χ4v) is 2.54. The number of ketones is 1. The normalized spacial score (nSPS) is 17.0. The third-order valence-electron chi connectivity index (χ3n) is 3.37. The first kappa shape index (κ1) is 14.0. The van der Waals surface area contributed by atoms with Gasteiger partial charge in [-0.15, -0.1) is 0 Å². The largest absolute Gasteiger partial charge is 0.489 e. The van der Waals surface area contributed by atoms with E-state index >= 15 is 0 Å². The lowest BCUT2D eigenvalue weighted by atomic mass is 10.0. The van der Waals surface area contributed by atoms with E-state index in [4.69, 9.17) is 21.1 Å². The Balaban J connectivity index is 1.83. The molecule has 2 aromatic rings. The Labute approximate surface area is 128 Å². The lowest BCUT2D eigenvalue weighted by Crippen LogP contribution is -2.23. The minimum Gasteiger partial charge on any atom is -0.489 e. The summed E-state index contributed by atoms with van der Waals surface area (Å²) < 4.78 is 11.4. The minimum absolute atomic E-state index is 0.0558. The molecule has 0 aliphatic carbocycles. The molecule has 0 aromatic heterocycles. The second-order valence-corrected chi connectivity index (χ2v) is 5.52. The van der Waals surface area contributed by atoms with Gasteiger partial charge in [0.25, 0.3) is 0 Å². The Bertz CT molecular complexity index is 667. The van der Waals surface area contributed by atoms with E-state index in [0.717, 1.165) is 5.56 Å². The molecule has 108 valence electrons. The van der Waals surface area contributed by atoms with Crippen LogP contribution in [0.1, 0.15) is 29.3 Å². The van der Waals surface area contributed by atoms with Gasteiger partial charge in [-0.2, -0.15) is 0 Å². The van der Waals surface area contributed by atoms with Crippen LogP contribution in [0.5, 0.6) is 11.5 Å².